The third-order valence-electron chi connectivity index (χ3n) is 4.01. The van der Waals surface area contributed by atoms with E-state index in [0.717, 1.165) is 18.4 Å². The SMILES string of the molecule is CN(Cc1cnn(C)c1)C(=O)CC1CCCCC1N. The molecule has 1 aliphatic rings. The fourth-order valence-corrected chi connectivity index (χ4v) is 2.79. The molecule has 1 aromatic rings. The van der Waals surface area contributed by atoms with E-state index in [-0.39, 0.29) is 11.9 Å². The Kier molecular flexibility index (Phi) is 4.58. The molecule has 2 rings (SSSR count). The number of aryl methyl sites for hydroxylation is 1. The molecule has 2 unspecified atom stereocenters. The summed E-state index contributed by atoms with van der Waals surface area (Å²) in [6, 6.07) is 0.199. The number of nitrogens with zero attached hydrogens (tertiary/aromatic N) is 3. The number of hydrogen-bond acceptors (Lipinski definition) is 3. The van der Waals surface area contributed by atoms with Gasteiger partial charge in [-0.2, -0.15) is 5.10 Å². The first-order chi connectivity index (χ1) is 9.06. The summed E-state index contributed by atoms with van der Waals surface area (Å²) >= 11 is 0. The summed E-state index contributed by atoms with van der Waals surface area (Å²) < 4.78 is 1.75. The van der Waals surface area contributed by atoms with Gasteiger partial charge in [-0.05, 0) is 18.8 Å². The average molecular weight is 264 g/mol. The third kappa shape index (κ3) is 3.80. The van der Waals surface area contributed by atoms with E-state index >= 15 is 0 Å². The van der Waals surface area contributed by atoms with Gasteiger partial charge in [-0.25, -0.2) is 0 Å². The van der Waals surface area contributed by atoms with E-state index in [9.17, 15) is 4.79 Å². The largest absolute Gasteiger partial charge is 0.341 e. The zero-order chi connectivity index (χ0) is 13.8. The molecule has 0 saturated heterocycles. The second-order valence-corrected chi connectivity index (χ2v) is 5.68. The van der Waals surface area contributed by atoms with Crippen LogP contribution < -0.4 is 5.73 Å². The second kappa shape index (κ2) is 6.19. The number of nitrogens with two attached hydrogens (primary N) is 1. The minimum absolute atomic E-state index is 0.186. The minimum atomic E-state index is 0.186. The number of hydrogen-bond donors (Lipinski definition) is 1. The molecular formula is C14H24N4O. The summed E-state index contributed by atoms with van der Waals surface area (Å²) in [5.41, 5.74) is 7.16. The van der Waals surface area contributed by atoms with Crippen LogP contribution in [-0.2, 0) is 18.4 Å². The van der Waals surface area contributed by atoms with Gasteiger partial charge in [0, 0.05) is 44.9 Å². The normalized spacial score (nSPS) is 23.3. The van der Waals surface area contributed by atoms with Crippen molar-refractivity contribution in [2.75, 3.05) is 7.05 Å². The standard InChI is InChI=1S/C14H24N4O/c1-17(9-11-8-16-18(2)10-11)14(19)7-12-5-3-4-6-13(12)15/h8,10,12-13H,3-7,9,15H2,1-2H3. The van der Waals surface area contributed by atoms with Crippen molar-refractivity contribution in [3.63, 3.8) is 0 Å². The van der Waals surface area contributed by atoms with Gasteiger partial charge in [0.05, 0.1) is 6.20 Å². The average Bonchev–Trinajstić information content (AvgIpc) is 2.77. The monoisotopic (exact) mass is 264 g/mol. The van der Waals surface area contributed by atoms with Crippen molar-refractivity contribution in [1.82, 2.24) is 14.7 Å². The molecule has 1 aliphatic carbocycles. The number of carbonyl (C=O) groups excluding carboxylic acids is 1. The predicted molar refractivity (Wildman–Crippen MR) is 74.2 cm³/mol. The first-order valence-electron chi connectivity index (χ1n) is 7.03. The summed E-state index contributed by atoms with van der Waals surface area (Å²) in [7, 11) is 3.73. The van der Waals surface area contributed by atoms with E-state index in [1.165, 1.54) is 12.8 Å². The van der Waals surface area contributed by atoms with Gasteiger partial charge < -0.3 is 10.6 Å². The Bertz CT molecular complexity index is 429. The van der Waals surface area contributed by atoms with Crippen molar-refractivity contribution in [1.29, 1.82) is 0 Å². The van der Waals surface area contributed by atoms with Crippen molar-refractivity contribution >= 4 is 5.91 Å². The van der Waals surface area contributed by atoms with Gasteiger partial charge in [0.1, 0.15) is 0 Å². The number of aromatic nitrogens is 2. The lowest BCUT2D eigenvalue weighted by Crippen LogP contribution is -2.37. The number of rotatable bonds is 4. The van der Waals surface area contributed by atoms with Crippen molar-refractivity contribution in [2.24, 2.45) is 18.7 Å². The molecule has 106 valence electrons. The van der Waals surface area contributed by atoms with Crippen molar-refractivity contribution in [2.45, 2.75) is 44.7 Å². The number of amides is 1. The minimum Gasteiger partial charge on any atom is -0.341 e. The Hall–Kier alpha value is -1.36. The molecule has 5 nitrogen and oxygen atoms in total. The van der Waals surface area contributed by atoms with E-state index in [1.807, 2.05) is 20.3 Å². The quantitative estimate of drug-likeness (QED) is 0.891. The fraction of sp³-hybridized carbons (Fsp3) is 0.714. The Morgan fingerprint density at radius 2 is 2.26 bits per heavy atom. The Morgan fingerprint density at radius 1 is 1.53 bits per heavy atom. The molecule has 0 spiro atoms. The zero-order valence-corrected chi connectivity index (χ0v) is 11.9. The molecule has 0 radical (unpaired) electrons. The van der Waals surface area contributed by atoms with Crippen LogP contribution in [0.4, 0.5) is 0 Å². The van der Waals surface area contributed by atoms with Crippen LogP contribution in [0.2, 0.25) is 0 Å². The summed E-state index contributed by atoms with van der Waals surface area (Å²) in [4.78, 5) is 14.0. The van der Waals surface area contributed by atoms with Crippen LogP contribution in [0.15, 0.2) is 12.4 Å². The smallest absolute Gasteiger partial charge is 0.222 e. The lowest BCUT2D eigenvalue weighted by molar-refractivity contribution is -0.131. The highest BCUT2D eigenvalue weighted by molar-refractivity contribution is 5.76. The highest BCUT2D eigenvalue weighted by atomic mass is 16.2. The molecular weight excluding hydrogens is 240 g/mol. The summed E-state index contributed by atoms with van der Waals surface area (Å²) in [6.07, 6.45) is 8.89. The van der Waals surface area contributed by atoms with Crippen molar-refractivity contribution in [3.05, 3.63) is 18.0 Å². The predicted octanol–water partition coefficient (Wildman–Crippen LogP) is 1.29. The topological polar surface area (TPSA) is 64.2 Å². The number of carbonyl (C=O) groups is 1. The Morgan fingerprint density at radius 3 is 2.89 bits per heavy atom. The lowest BCUT2D eigenvalue weighted by Gasteiger charge is -2.29. The van der Waals surface area contributed by atoms with Crippen LogP contribution in [0.1, 0.15) is 37.7 Å². The van der Waals surface area contributed by atoms with E-state index < -0.39 is 0 Å². The molecule has 0 aliphatic heterocycles. The van der Waals surface area contributed by atoms with Gasteiger partial charge in [-0.1, -0.05) is 12.8 Å². The molecule has 1 saturated carbocycles. The van der Waals surface area contributed by atoms with Crippen molar-refractivity contribution in [3.8, 4) is 0 Å². The van der Waals surface area contributed by atoms with Gasteiger partial charge in [-0.15, -0.1) is 0 Å². The molecule has 1 fully saturated rings. The molecule has 2 atom stereocenters. The molecule has 19 heavy (non-hydrogen) atoms. The Balaban J connectivity index is 1.85. The summed E-state index contributed by atoms with van der Waals surface area (Å²) in [5, 5.41) is 4.12. The molecule has 5 heteroatoms. The van der Waals surface area contributed by atoms with Gasteiger partial charge in [0.25, 0.3) is 0 Å². The molecule has 1 heterocycles. The van der Waals surface area contributed by atoms with Crippen LogP contribution in [0.5, 0.6) is 0 Å². The van der Waals surface area contributed by atoms with Gasteiger partial charge in [0.15, 0.2) is 0 Å². The lowest BCUT2D eigenvalue weighted by atomic mass is 9.83. The van der Waals surface area contributed by atoms with E-state index in [0.29, 0.717) is 18.9 Å². The fourth-order valence-electron chi connectivity index (χ4n) is 2.79. The van der Waals surface area contributed by atoms with E-state index in [1.54, 1.807) is 15.8 Å². The second-order valence-electron chi connectivity index (χ2n) is 5.68. The van der Waals surface area contributed by atoms with Crippen LogP contribution in [0, 0.1) is 5.92 Å². The van der Waals surface area contributed by atoms with E-state index in [2.05, 4.69) is 5.10 Å². The van der Waals surface area contributed by atoms with Crippen LogP contribution in [0.25, 0.3) is 0 Å². The maximum atomic E-state index is 12.2. The maximum Gasteiger partial charge on any atom is 0.222 e. The van der Waals surface area contributed by atoms with E-state index in [4.69, 9.17) is 5.73 Å². The van der Waals surface area contributed by atoms with Crippen LogP contribution >= 0.6 is 0 Å². The summed E-state index contributed by atoms with van der Waals surface area (Å²) in [5.74, 6) is 0.545. The van der Waals surface area contributed by atoms with Crippen LogP contribution in [0.3, 0.4) is 0 Å². The highest BCUT2D eigenvalue weighted by Gasteiger charge is 2.25. The third-order valence-corrected chi connectivity index (χ3v) is 4.01. The molecule has 0 aromatic carbocycles. The molecule has 2 N–H and O–H groups in total. The zero-order valence-electron chi connectivity index (χ0n) is 11.9. The summed E-state index contributed by atoms with van der Waals surface area (Å²) in [6.45, 7) is 0.620. The van der Waals surface area contributed by atoms with Crippen molar-refractivity contribution < 1.29 is 4.79 Å². The highest BCUT2D eigenvalue weighted by Crippen LogP contribution is 2.26. The molecule has 1 aromatic heterocycles. The maximum absolute atomic E-state index is 12.2. The van der Waals surface area contributed by atoms with Gasteiger partial charge in [0.2, 0.25) is 5.91 Å². The van der Waals surface area contributed by atoms with Crippen LogP contribution in [-0.4, -0.2) is 33.7 Å². The molecule has 1 amide bonds. The first kappa shape index (κ1) is 14.1. The molecule has 0 bridgehead atoms. The Labute approximate surface area is 114 Å². The van der Waals surface area contributed by atoms with Gasteiger partial charge >= 0.3 is 0 Å². The van der Waals surface area contributed by atoms with Gasteiger partial charge in [-0.3, -0.25) is 9.48 Å². The first-order valence-corrected chi connectivity index (χ1v) is 7.03.